The first kappa shape index (κ1) is 13.1. The first-order valence-corrected chi connectivity index (χ1v) is 6.41. The molecule has 98 valence electrons. The topological polar surface area (TPSA) is 59.4 Å². The highest BCUT2D eigenvalue weighted by molar-refractivity contribution is 5.78. The average Bonchev–Trinajstić information content (AvgIpc) is 2.72. The fraction of sp³-hybridized carbons (Fsp3) is 0.467. The number of aryl methyl sites for hydroxylation is 1. The Morgan fingerprint density at radius 3 is 2.61 bits per heavy atom. The molecule has 3 N–H and O–H groups in total. The normalized spacial score (nSPS) is 15.2. The summed E-state index contributed by atoms with van der Waals surface area (Å²) in [4.78, 5) is 0. The van der Waals surface area contributed by atoms with Crippen LogP contribution in [0.2, 0.25) is 0 Å². The molecule has 1 heterocycles. The maximum atomic E-state index is 10.3. The van der Waals surface area contributed by atoms with E-state index in [1.807, 2.05) is 25.1 Å². The molecule has 2 rings (SSSR count). The lowest BCUT2D eigenvalue weighted by Crippen LogP contribution is -2.26. The van der Waals surface area contributed by atoms with Gasteiger partial charge in [-0.25, -0.2) is 0 Å². The Labute approximate surface area is 108 Å². The fourth-order valence-electron chi connectivity index (χ4n) is 2.31. The van der Waals surface area contributed by atoms with Gasteiger partial charge in [-0.1, -0.05) is 25.5 Å². The molecule has 0 aliphatic heterocycles. The molecule has 1 aromatic heterocycles. The van der Waals surface area contributed by atoms with Crippen LogP contribution in [-0.4, -0.2) is 11.7 Å². The van der Waals surface area contributed by atoms with Crippen LogP contribution in [0.4, 0.5) is 0 Å². The summed E-state index contributed by atoms with van der Waals surface area (Å²) in [6.45, 7) is 6.62. The number of hydrogen-bond donors (Lipinski definition) is 2. The summed E-state index contributed by atoms with van der Waals surface area (Å²) >= 11 is 0. The van der Waals surface area contributed by atoms with E-state index in [4.69, 9.17) is 10.2 Å². The Balaban J connectivity index is 2.35. The third-order valence-corrected chi connectivity index (χ3v) is 3.52. The predicted molar refractivity (Wildman–Crippen MR) is 73.3 cm³/mol. The van der Waals surface area contributed by atoms with E-state index in [-0.39, 0.29) is 5.92 Å². The molecule has 0 spiro atoms. The van der Waals surface area contributed by atoms with Gasteiger partial charge < -0.3 is 15.3 Å². The Morgan fingerprint density at radius 2 is 2.00 bits per heavy atom. The fourth-order valence-corrected chi connectivity index (χ4v) is 2.31. The van der Waals surface area contributed by atoms with Gasteiger partial charge in [0.15, 0.2) is 0 Å². The van der Waals surface area contributed by atoms with Gasteiger partial charge in [-0.3, -0.25) is 0 Å². The van der Waals surface area contributed by atoms with Gasteiger partial charge >= 0.3 is 0 Å². The SMILES string of the molecule is Cc1ccc2oc(C(O)C(CN)C(C)C)cc2c1. The second-order valence-electron chi connectivity index (χ2n) is 5.28. The average molecular weight is 247 g/mol. The Kier molecular flexibility index (Phi) is 3.73. The number of fused-ring (bicyclic) bond motifs is 1. The van der Waals surface area contributed by atoms with Gasteiger partial charge in [0.1, 0.15) is 17.4 Å². The molecule has 0 aliphatic carbocycles. The van der Waals surface area contributed by atoms with Gasteiger partial charge in [0.2, 0.25) is 0 Å². The zero-order valence-corrected chi connectivity index (χ0v) is 11.2. The van der Waals surface area contributed by atoms with Crippen molar-refractivity contribution in [3.05, 3.63) is 35.6 Å². The van der Waals surface area contributed by atoms with Crippen molar-refractivity contribution in [3.8, 4) is 0 Å². The van der Waals surface area contributed by atoms with Crippen molar-refractivity contribution in [2.24, 2.45) is 17.6 Å². The highest BCUT2D eigenvalue weighted by Crippen LogP contribution is 2.31. The molecular weight excluding hydrogens is 226 g/mol. The van der Waals surface area contributed by atoms with Crippen molar-refractivity contribution in [1.82, 2.24) is 0 Å². The molecule has 3 heteroatoms. The number of aliphatic hydroxyl groups excluding tert-OH is 1. The van der Waals surface area contributed by atoms with Crippen molar-refractivity contribution in [2.75, 3.05) is 6.54 Å². The van der Waals surface area contributed by atoms with Crippen molar-refractivity contribution in [2.45, 2.75) is 26.9 Å². The van der Waals surface area contributed by atoms with Crippen LogP contribution in [0, 0.1) is 18.8 Å². The lowest BCUT2D eigenvalue weighted by molar-refractivity contribution is 0.0676. The molecule has 0 aliphatic rings. The smallest absolute Gasteiger partial charge is 0.134 e. The molecule has 2 atom stereocenters. The van der Waals surface area contributed by atoms with E-state index in [9.17, 15) is 5.11 Å². The number of hydrogen-bond acceptors (Lipinski definition) is 3. The molecule has 0 saturated carbocycles. The van der Waals surface area contributed by atoms with Crippen LogP contribution in [0.3, 0.4) is 0 Å². The summed E-state index contributed by atoms with van der Waals surface area (Å²) in [5.41, 5.74) is 7.73. The van der Waals surface area contributed by atoms with Crippen molar-refractivity contribution in [3.63, 3.8) is 0 Å². The minimum atomic E-state index is -0.636. The number of rotatable bonds is 4. The maximum absolute atomic E-state index is 10.3. The minimum Gasteiger partial charge on any atom is -0.458 e. The van der Waals surface area contributed by atoms with E-state index in [1.165, 1.54) is 5.56 Å². The van der Waals surface area contributed by atoms with Crippen molar-refractivity contribution in [1.29, 1.82) is 0 Å². The third kappa shape index (κ3) is 2.42. The van der Waals surface area contributed by atoms with Crippen LogP contribution >= 0.6 is 0 Å². The zero-order valence-electron chi connectivity index (χ0n) is 11.2. The Hall–Kier alpha value is -1.32. The lowest BCUT2D eigenvalue weighted by atomic mass is 9.89. The predicted octanol–water partition coefficient (Wildman–Crippen LogP) is 3.01. The number of nitrogens with two attached hydrogens (primary N) is 1. The van der Waals surface area contributed by atoms with E-state index in [2.05, 4.69) is 19.9 Å². The number of furan rings is 1. The quantitative estimate of drug-likeness (QED) is 0.873. The first-order valence-electron chi connectivity index (χ1n) is 6.41. The van der Waals surface area contributed by atoms with Crippen LogP contribution in [0.5, 0.6) is 0 Å². The van der Waals surface area contributed by atoms with Crippen molar-refractivity contribution < 1.29 is 9.52 Å². The van der Waals surface area contributed by atoms with Crippen LogP contribution in [-0.2, 0) is 0 Å². The summed E-state index contributed by atoms with van der Waals surface area (Å²) in [6, 6.07) is 7.92. The molecule has 1 aromatic carbocycles. The van der Waals surface area contributed by atoms with Crippen LogP contribution in [0.25, 0.3) is 11.0 Å². The number of benzene rings is 1. The van der Waals surface area contributed by atoms with Gasteiger partial charge in [0, 0.05) is 11.3 Å². The van der Waals surface area contributed by atoms with E-state index in [0.29, 0.717) is 18.2 Å². The highest BCUT2D eigenvalue weighted by Gasteiger charge is 2.25. The molecule has 0 saturated heterocycles. The van der Waals surface area contributed by atoms with E-state index < -0.39 is 6.10 Å². The summed E-state index contributed by atoms with van der Waals surface area (Å²) in [6.07, 6.45) is -0.636. The first-order chi connectivity index (χ1) is 8.52. The molecule has 2 aromatic rings. The maximum Gasteiger partial charge on any atom is 0.134 e. The van der Waals surface area contributed by atoms with Gasteiger partial charge in [-0.2, -0.15) is 0 Å². The largest absolute Gasteiger partial charge is 0.458 e. The molecule has 0 bridgehead atoms. The minimum absolute atomic E-state index is 0.0201. The zero-order chi connectivity index (χ0) is 13.3. The highest BCUT2D eigenvalue weighted by atomic mass is 16.4. The van der Waals surface area contributed by atoms with Crippen LogP contribution in [0.15, 0.2) is 28.7 Å². The molecule has 0 radical (unpaired) electrons. The molecule has 0 amide bonds. The Bertz CT molecular complexity index is 530. The van der Waals surface area contributed by atoms with Gasteiger partial charge in [0.05, 0.1) is 0 Å². The summed E-state index contributed by atoms with van der Waals surface area (Å²) in [5, 5.41) is 11.4. The molecular formula is C15H21NO2. The van der Waals surface area contributed by atoms with Gasteiger partial charge in [0.25, 0.3) is 0 Å². The lowest BCUT2D eigenvalue weighted by Gasteiger charge is -2.23. The molecule has 2 unspecified atom stereocenters. The van der Waals surface area contributed by atoms with Crippen LogP contribution in [0.1, 0.15) is 31.3 Å². The van der Waals surface area contributed by atoms with E-state index in [1.54, 1.807) is 0 Å². The Morgan fingerprint density at radius 1 is 1.28 bits per heavy atom. The van der Waals surface area contributed by atoms with E-state index in [0.717, 1.165) is 11.0 Å². The standard InChI is InChI=1S/C15H21NO2/c1-9(2)12(8-16)15(17)14-7-11-6-10(3)4-5-13(11)18-14/h4-7,9,12,15,17H,8,16H2,1-3H3. The second-order valence-corrected chi connectivity index (χ2v) is 5.28. The molecule has 0 fully saturated rings. The summed E-state index contributed by atoms with van der Waals surface area (Å²) < 4.78 is 5.71. The van der Waals surface area contributed by atoms with Crippen LogP contribution < -0.4 is 5.73 Å². The van der Waals surface area contributed by atoms with Crippen molar-refractivity contribution >= 4 is 11.0 Å². The monoisotopic (exact) mass is 247 g/mol. The summed E-state index contributed by atoms with van der Waals surface area (Å²) in [5.74, 6) is 0.950. The van der Waals surface area contributed by atoms with Gasteiger partial charge in [-0.15, -0.1) is 0 Å². The third-order valence-electron chi connectivity index (χ3n) is 3.52. The van der Waals surface area contributed by atoms with E-state index >= 15 is 0 Å². The second kappa shape index (κ2) is 5.12. The summed E-state index contributed by atoms with van der Waals surface area (Å²) in [7, 11) is 0. The van der Waals surface area contributed by atoms with Gasteiger partial charge in [-0.05, 0) is 37.6 Å². The molecule has 3 nitrogen and oxygen atoms in total. The molecule has 18 heavy (non-hydrogen) atoms. The number of aliphatic hydroxyl groups is 1.